The number of terminal acetylenes is 1. The van der Waals surface area contributed by atoms with Crippen molar-refractivity contribution in [2.75, 3.05) is 6.54 Å². The molecule has 1 N–H and O–H groups in total. The summed E-state index contributed by atoms with van der Waals surface area (Å²) in [4.78, 5) is 0.380. The first-order valence-corrected chi connectivity index (χ1v) is 8.17. The van der Waals surface area contributed by atoms with Crippen LogP contribution < -0.4 is 4.72 Å². The number of hydrogen-bond acceptors (Lipinski definition) is 2. The highest BCUT2D eigenvalue weighted by atomic mass is 32.2. The van der Waals surface area contributed by atoms with Gasteiger partial charge in [0.1, 0.15) is 0 Å². The second-order valence-electron chi connectivity index (χ2n) is 4.84. The van der Waals surface area contributed by atoms with Gasteiger partial charge in [-0.15, -0.1) is 12.3 Å². The summed E-state index contributed by atoms with van der Waals surface area (Å²) in [5, 5.41) is 0. The maximum atomic E-state index is 12.1. The molecule has 0 aromatic heterocycles. The molecule has 0 bridgehead atoms. The van der Waals surface area contributed by atoms with Gasteiger partial charge in [0.2, 0.25) is 10.0 Å². The molecule has 2 rings (SSSR count). The van der Waals surface area contributed by atoms with Crippen LogP contribution in [-0.2, 0) is 22.9 Å². The average Bonchev–Trinajstić information content (AvgIpc) is 2.85. The second kappa shape index (κ2) is 6.23. The molecule has 0 atom stereocenters. The Morgan fingerprint density at radius 3 is 2.79 bits per heavy atom. The highest BCUT2D eigenvalue weighted by molar-refractivity contribution is 7.89. The number of sulfonamides is 1. The van der Waals surface area contributed by atoms with Crippen LogP contribution in [0.4, 0.5) is 0 Å². The van der Waals surface area contributed by atoms with Crippen LogP contribution in [0.25, 0.3) is 0 Å². The Bertz CT molecular complexity index is 585. The number of benzene rings is 1. The molecule has 4 heteroatoms. The first-order chi connectivity index (χ1) is 9.13. The lowest BCUT2D eigenvalue weighted by Gasteiger charge is -2.08. The quantitative estimate of drug-likeness (QED) is 0.640. The predicted molar refractivity (Wildman–Crippen MR) is 76.3 cm³/mol. The lowest BCUT2D eigenvalue weighted by atomic mass is 10.1. The molecule has 0 fully saturated rings. The molecule has 1 aromatic carbocycles. The van der Waals surface area contributed by atoms with Crippen LogP contribution in [0, 0.1) is 12.3 Å². The largest absolute Gasteiger partial charge is 0.240 e. The molecular weight excluding hydrogens is 258 g/mol. The predicted octanol–water partition coefficient (Wildman–Crippen LogP) is 2.26. The molecule has 102 valence electrons. The Kier molecular flexibility index (Phi) is 4.62. The van der Waals surface area contributed by atoms with Gasteiger partial charge in [0.15, 0.2) is 0 Å². The van der Waals surface area contributed by atoms with E-state index in [1.165, 1.54) is 11.1 Å². The van der Waals surface area contributed by atoms with Crippen molar-refractivity contribution in [2.45, 2.75) is 43.4 Å². The zero-order chi connectivity index (χ0) is 13.7. The molecule has 0 radical (unpaired) electrons. The van der Waals surface area contributed by atoms with Crippen LogP contribution >= 0.6 is 0 Å². The average molecular weight is 277 g/mol. The zero-order valence-corrected chi connectivity index (χ0v) is 11.8. The fourth-order valence-electron chi connectivity index (χ4n) is 2.36. The Labute approximate surface area is 115 Å². The van der Waals surface area contributed by atoms with Crippen LogP contribution in [0.1, 0.15) is 36.8 Å². The van der Waals surface area contributed by atoms with E-state index in [-0.39, 0.29) is 0 Å². The number of aryl methyl sites for hydroxylation is 2. The first-order valence-electron chi connectivity index (χ1n) is 6.68. The minimum atomic E-state index is -3.37. The molecule has 19 heavy (non-hydrogen) atoms. The van der Waals surface area contributed by atoms with Crippen molar-refractivity contribution in [1.29, 1.82) is 0 Å². The van der Waals surface area contributed by atoms with Crippen molar-refractivity contribution in [2.24, 2.45) is 0 Å². The lowest BCUT2D eigenvalue weighted by Crippen LogP contribution is -2.24. The van der Waals surface area contributed by atoms with Gasteiger partial charge in [-0.25, -0.2) is 13.1 Å². The van der Waals surface area contributed by atoms with Crippen molar-refractivity contribution in [3.8, 4) is 12.3 Å². The standard InChI is InChI=1S/C15H19NO2S/c1-2-3-4-5-11-16-19(17,18)15-10-9-13-7-6-8-14(13)12-15/h1,9-10,12,16H,3-8,11H2. The molecule has 0 unspecified atom stereocenters. The number of unbranched alkanes of at least 4 members (excludes halogenated alkanes) is 2. The smallest absolute Gasteiger partial charge is 0.211 e. The second-order valence-corrected chi connectivity index (χ2v) is 6.61. The van der Waals surface area contributed by atoms with Gasteiger partial charge in [-0.1, -0.05) is 6.07 Å². The Morgan fingerprint density at radius 1 is 1.21 bits per heavy atom. The molecule has 1 aromatic rings. The molecule has 1 aliphatic carbocycles. The SMILES string of the molecule is C#CCCCCNS(=O)(=O)c1ccc2c(c1)CCC2. The minimum absolute atomic E-state index is 0.380. The molecule has 0 saturated carbocycles. The van der Waals surface area contributed by atoms with Crippen molar-refractivity contribution in [3.63, 3.8) is 0 Å². The highest BCUT2D eigenvalue weighted by Gasteiger charge is 2.17. The third kappa shape index (κ3) is 3.59. The van der Waals surface area contributed by atoms with E-state index in [1.54, 1.807) is 6.07 Å². The van der Waals surface area contributed by atoms with Gasteiger partial charge in [-0.05, 0) is 55.4 Å². The summed E-state index contributed by atoms with van der Waals surface area (Å²) in [7, 11) is -3.37. The summed E-state index contributed by atoms with van der Waals surface area (Å²) >= 11 is 0. The molecule has 0 amide bonds. The van der Waals surface area contributed by atoms with Gasteiger partial charge in [-0.2, -0.15) is 0 Å². The van der Waals surface area contributed by atoms with Gasteiger partial charge in [-0.3, -0.25) is 0 Å². The fraction of sp³-hybridized carbons (Fsp3) is 0.467. The number of nitrogens with one attached hydrogen (secondary N) is 1. The maximum Gasteiger partial charge on any atom is 0.240 e. The molecule has 0 saturated heterocycles. The van der Waals surface area contributed by atoms with Crippen LogP contribution in [0.5, 0.6) is 0 Å². The maximum absolute atomic E-state index is 12.1. The molecule has 0 heterocycles. The summed E-state index contributed by atoms with van der Waals surface area (Å²) in [6.07, 6.45) is 10.6. The van der Waals surface area contributed by atoms with E-state index in [0.717, 1.165) is 32.1 Å². The van der Waals surface area contributed by atoms with Crippen molar-refractivity contribution >= 4 is 10.0 Å². The van der Waals surface area contributed by atoms with Crippen molar-refractivity contribution in [1.82, 2.24) is 4.72 Å². The van der Waals surface area contributed by atoms with Crippen molar-refractivity contribution in [3.05, 3.63) is 29.3 Å². The van der Waals surface area contributed by atoms with E-state index in [1.807, 2.05) is 12.1 Å². The molecule has 0 aliphatic heterocycles. The summed E-state index contributed by atoms with van der Waals surface area (Å²) in [6.45, 7) is 0.446. The number of rotatable bonds is 6. The van der Waals surface area contributed by atoms with E-state index < -0.39 is 10.0 Å². The van der Waals surface area contributed by atoms with Crippen LogP contribution in [0.2, 0.25) is 0 Å². The fourth-order valence-corrected chi connectivity index (χ4v) is 3.48. The topological polar surface area (TPSA) is 46.2 Å². The Morgan fingerprint density at radius 2 is 2.00 bits per heavy atom. The minimum Gasteiger partial charge on any atom is -0.211 e. The highest BCUT2D eigenvalue weighted by Crippen LogP contribution is 2.24. The molecule has 0 spiro atoms. The lowest BCUT2D eigenvalue weighted by molar-refractivity contribution is 0.577. The van der Waals surface area contributed by atoms with Gasteiger partial charge in [0.05, 0.1) is 4.90 Å². The van der Waals surface area contributed by atoms with E-state index in [9.17, 15) is 8.42 Å². The summed E-state index contributed by atoms with van der Waals surface area (Å²) in [5.41, 5.74) is 2.46. The van der Waals surface area contributed by atoms with E-state index >= 15 is 0 Å². The van der Waals surface area contributed by atoms with Crippen molar-refractivity contribution < 1.29 is 8.42 Å². The van der Waals surface area contributed by atoms with Crippen LogP contribution in [-0.4, -0.2) is 15.0 Å². The monoisotopic (exact) mass is 277 g/mol. The third-order valence-corrected chi connectivity index (χ3v) is 4.88. The van der Waals surface area contributed by atoms with E-state index in [2.05, 4.69) is 10.6 Å². The molecule has 1 aliphatic rings. The third-order valence-electron chi connectivity index (χ3n) is 3.42. The summed E-state index contributed by atoms with van der Waals surface area (Å²) in [6, 6.07) is 5.45. The van der Waals surface area contributed by atoms with E-state index in [4.69, 9.17) is 6.42 Å². The first kappa shape index (κ1) is 14.1. The van der Waals surface area contributed by atoms with Crippen LogP contribution in [0.3, 0.4) is 0 Å². The van der Waals surface area contributed by atoms with Gasteiger partial charge >= 0.3 is 0 Å². The summed E-state index contributed by atoms with van der Waals surface area (Å²) < 4.78 is 26.9. The number of hydrogen-bond donors (Lipinski definition) is 1. The van der Waals surface area contributed by atoms with Gasteiger partial charge in [0, 0.05) is 13.0 Å². The van der Waals surface area contributed by atoms with E-state index in [0.29, 0.717) is 17.9 Å². The molecule has 3 nitrogen and oxygen atoms in total. The van der Waals surface area contributed by atoms with Gasteiger partial charge < -0.3 is 0 Å². The Hall–Kier alpha value is -1.31. The molecular formula is C15H19NO2S. The zero-order valence-electron chi connectivity index (χ0n) is 11.0. The summed E-state index contributed by atoms with van der Waals surface area (Å²) in [5.74, 6) is 2.55. The number of fused-ring (bicyclic) bond motifs is 1. The van der Waals surface area contributed by atoms with Gasteiger partial charge in [0.25, 0.3) is 0 Å². The van der Waals surface area contributed by atoms with Crippen LogP contribution in [0.15, 0.2) is 23.1 Å². The normalized spacial score (nSPS) is 14.1. The Balaban J connectivity index is 1.98.